The standard InChI is InChI=1S/C7H7NO2/c1-3-4-6-5-7(9-2)8-10-6/h1,5H,4H2,2H3. The number of terminal acetylenes is 1. The first kappa shape index (κ1) is 6.69. The highest BCUT2D eigenvalue weighted by Gasteiger charge is 2.00. The highest BCUT2D eigenvalue weighted by atomic mass is 16.5. The van der Waals surface area contributed by atoms with E-state index in [2.05, 4.69) is 11.1 Å². The molecule has 0 saturated carbocycles. The van der Waals surface area contributed by atoms with Crippen LogP contribution in [0, 0.1) is 12.3 Å². The Labute approximate surface area is 59.0 Å². The maximum Gasteiger partial charge on any atom is 0.254 e. The second kappa shape index (κ2) is 2.92. The normalized spacial score (nSPS) is 8.80. The highest BCUT2D eigenvalue weighted by molar-refractivity contribution is 5.14. The average Bonchev–Trinajstić information content (AvgIpc) is 2.37. The lowest BCUT2D eigenvalue weighted by Crippen LogP contribution is -1.79. The van der Waals surface area contributed by atoms with Crippen LogP contribution in [0.15, 0.2) is 10.6 Å². The molecular formula is C7H7NO2. The summed E-state index contributed by atoms with van der Waals surface area (Å²) in [7, 11) is 1.53. The summed E-state index contributed by atoms with van der Waals surface area (Å²) >= 11 is 0. The van der Waals surface area contributed by atoms with Crippen molar-refractivity contribution in [3.63, 3.8) is 0 Å². The molecule has 0 aliphatic carbocycles. The van der Waals surface area contributed by atoms with Crippen LogP contribution in [0.25, 0.3) is 0 Å². The minimum atomic E-state index is 0.455. The van der Waals surface area contributed by atoms with Crippen LogP contribution in [-0.2, 0) is 6.42 Å². The van der Waals surface area contributed by atoms with Gasteiger partial charge in [0.1, 0.15) is 0 Å². The van der Waals surface area contributed by atoms with Crippen LogP contribution in [0.4, 0.5) is 0 Å². The molecule has 0 fully saturated rings. The summed E-state index contributed by atoms with van der Waals surface area (Å²) in [4.78, 5) is 0. The van der Waals surface area contributed by atoms with E-state index in [1.54, 1.807) is 6.07 Å². The molecule has 0 aliphatic heterocycles. The van der Waals surface area contributed by atoms with Crippen molar-refractivity contribution < 1.29 is 9.26 Å². The lowest BCUT2D eigenvalue weighted by Gasteiger charge is -1.83. The van der Waals surface area contributed by atoms with Crippen LogP contribution in [-0.4, -0.2) is 12.3 Å². The Kier molecular flexibility index (Phi) is 1.96. The first-order valence-corrected chi connectivity index (χ1v) is 2.80. The predicted octanol–water partition coefficient (Wildman–Crippen LogP) is 0.859. The first-order chi connectivity index (χ1) is 4.86. The van der Waals surface area contributed by atoms with Gasteiger partial charge in [0, 0.05) is 6.07 Å². The molecule has 3 heteroatoms. The number of hydrogen-bond acceptors (Lipinski definition) is 3. The van der Waals surface area contributed by atoms with Gasteiger partial charge in [-0.25, -0.2) is 0 Å². The fourth-order valence-electron chi connectivity index (χ4n) is 0.574. The Morgan fingerprint density at radius 1 is 1.90 bits per heavy atom. The van der Waals surface area contributed by atoms with Gasteiger partial charge in [0.25, 0.3) is 5.88 Å². The fraction of sp³-hybridized carbons (Fsp3) is 0.286. The Hall–Kier alpha value is -1.43. The topological polar surface area (TPSA) is 35.3 Å². The Balaban J connectivity index is 2.70. The van der Waals surface area contributed by atoms with E-state index >= 15 is 0 Å². The van der Waals surface area contributed by atoms with Gasteiger partial charge >= 0.3 is 0 Å². The molecule has 0 atom stereocenters. The summed E-state index contributed by atoms with van der Waals surface area (Å²) in [6, 6.07) is 1.67. The molecule has 52 valence electrons. The molecule has 0 unspecified atom stereocenters. The van der Waals surface area contributed by atoms with E-state index in [-0.39, 0.29) is 0 Å². The van der Waals surface area contributed by atoms with Crippen LogP contribution in [0.5, 0.6) is 5.88 Å². The molecule has 0 saturated heterocycles. The molecular weight excluding hydrogens is 130 g/mol. The second-order valence-electron chi connectivity index (χ2n) is 1.72. The van der Waals surface area contributed by atoms with E-state index in [1.165, 1.54) is 7.11 Å². The average molecular weight is 137 g/mol. The van der Waals surface area contributed by atoms with E-state index < -0.39 is 0 Å². The number of nitrogens with zero attached hydrogens (tertiary/aromatic N) is 1. The van der Waals surface area contributed by atoms with Crippen LogP contribution >= 0.6 is 0 Å². The number of methoxy groups -OCH3 is 1. The summed E-state index contributed by atoms with van der Waals surface area (Å²) in [5.74, 6) is 3.55. The maximum absolute atomic E-state index is 5.03. The zero-order chi connectivity index (χ0) is 7.40. The van der Waals surface area contributed by atoms with E-state index in [9.17, 15) is 0 Å². The van der Waals surface area contributed by atoms with E-state index in [1.807, 2.05) is 0 Å². The summed E-state index contributed by atoms with van der Waals surface area (Å²) in [6.07, 6.45) is 5.49. The summed E-state index contributed by atoms with van der Waals surface area (Å²) < 4.78 is 9.55. The third kappa shape index (κ3) is 1.29. The van der Waals surface area contributed by atoms with E-state index in [0.717, 1.165) is 0 Å². The fourth-order valence-corrected chi connectivity index (χ4v) is 0.574. The number of ether oxygens (including phenoxy) is 1. The Morgan fingerprint density at radius 3 is 3.20 bits per heavy atom. The predicted molar refractivity (Wildman–Crippen MR) is 35.6 cm³/mol. The number of rotatable bonds is 2. The van der Waals surface area contributed by atoms with E-state index in [4.69, 9.17) is 15.7 Å². The lowest BCUT2D eigenvalue weighted by molar-refractivity contribution is 0.329. The third-order valence-electron chi connectivity index (χ3n) is 1.02. The number of hydrogen-bond donors (Lipinski definition) is 0. The van der Waals surface area contributed by atoms with Crippen molar-refractivity contribution >= 4 is 0 Å². The zero-order valence-corrected chi connectivity index (χ0v) is 5.63. The third-order valence-corrected chi connectivity index (χ3v) is 1.02. The van der Waals surface area contributed by atoms with Gasteiger partial charge in [-0.1, -0.05) is 5.92 Å². The van der Waals surface area contributed by atoms with Gasteiger partial charge in [-0.15, -0.1) is 6.42 Å². The van der Waals surface area contributed by atoms with Crippen molar-refractivity contribution in [3.05, 3.63) is 11.8 Å². The van der Waals surface area contributed by atoms with Crippen LogP contribution in [0.3, 0.4) is 0 Å². The highest BCUT2D eigenvalue weighted by Crippen LogP contribution is 2.09. The Morgan fingerprint density at radius 2 is 2.70 bits per heavy atom. The van der Waals surface area contributed by atoms with Gasteiger partial charge in [-0.05, 0) is 5.16 Å². The van der Waals surface area contributed by atoms with Crippen molar-refractivity contribution in [1.82, 2.24) is 5.16 Å². The summed E-state index contributed by atoms with van der Waals surface area (Å²) in [5, 5.41) is 3.56. The molecule has 0 spiro atoms. The molecule has 0 aromatic carbocycles. The van der Waals surface area contributed by atoms with Crippen molar-refractivity contribution in [2.75, 3.05) is 7.11 Å². The van der Waals surface area contributed by atoms with E-state index in [0.29, 0.717) is 18.1 Å². The minimum absolute atomic E-state index is 0.455. The minimum Gasteiger partial charge on any atom is -0.479 e. The van der Waals surface area contributed by atoms with Gasteiger partial charge in [0.2, 0.25) is 0 Å². The summed E-state index contributed by atoms with van der Waals surface area (Å²) in [5.41, 5.74) is 0. The molecule has 1 rings (SSSR count). The maximum atomic E-state index is 5.03. The molecule has 0 bridgehead atoms. The largest absolute Gasteiger partial charge is 0.479 e. The van der Waals surface area contributed by atoms with Crippen LogP contribution < -0.4 is 4.74 Å². The van der Waals surface area contributed by atoms with Gasteiger partial charge in [0.05, 0.1) is 13.5 Å². The molecule has 1 aromatic rings. The second-order valence-corrected chi connectivity index (χ2v) is 1.72. The molecule has 0 N–H and O–H groups in total. The quantitative estimate of drug-likeness (QED) is 0.567. The smallest absolute Gasteiger partial charge is 0.254 e. The van der Waals surface area contributed by atoms with Gasteiger partial charge < -0.3 is 9.26 Å². The lowest BCUT2D eigenvalue weighted by atomic mass is 10.3. The molecule has 1 aromatic heterocycles. The van der Waals surface area contributed by atoms with Crippen LogP contribution in [0.1, 0.15) is 5.76 Å². The van der Waals surface area contributed by atoms with Crippen LogP contribution in [0.2, 0.25) is 0 Å². The molecule has 0 amide bonds. The number of aromatic nitrogens is 1. The van der Waals surface area contributed by atoms with Gasteiger partial charge in [-0.3, -0.25) is 0 Å². The molecule has 3 nitrogen and oxygen atoms in total. The van der Waals surface area contributed by atoms with Crippen molar-refractivity contribution in [2.24, 2.45) is 0 Å². The molecule has 0 aliphatic rings. The molecule has 10 heavy (non-hydrogen) atoms. The SMILES string of the molecule is C#CCc1cc(OC)no1. The first-order valence-electron chi connectivity index (χ1n) is 2.80. The zero-order valence-electron chi connectivity index (χ0n) is 5.63. The Bertz CT molecular complexity index is 246. The van der Waals surface area contributed by atoms with Crippen molar-refractivity contribution in [2.45, 2.75) is 6.42 Å². The summed E-state index contributed by atoms with van der Waals surface area (Å²) in [6.45, 7) is 0. The monoisotopic (exact) mass is 137 g/mol. The van der Waals surface area contributed by atoms with Crippen molar-refractivity contribution in [1.29, 1.82) is 0 Å². The molecule has 0 radical (unpaired) electrons. The van der Waals surface area contributed by atoms with Gasteiger partial charge in [0.15, 0.2) is 5.76 Å². The van der Waals surface area contributed by atoms with Crippen molar-refractivity contribution in [3.8, 4) is 18.2 Å². The molecule has 1 heterocycles. The van der Waals surface area contributed by atoms with Gasteiger partial charge in [-0.2, -0.15) is 0 Å².